The molecule has 1 saturated carbocycles. The van der Waals surface area contributed by atoms with Crippen molar-refractivity contribution in [3.63, 3.8) is 0 Å². The van der Waals surface area contributed by atoms with Crippen molar-refractivity contribution in [1.82, 2.24) is 4.90 Å². The van der Waals surface area contributed by atoms with Crippen LogP contribution in [-0.4, -0.2) is 29.0 Å². The van der Waals surface area contributed by atoms with Gasteiger partial charge in [-0.25, -0.2) is 0 Å². The van der Waals surface area contributed by atoms with E-state index in [9.17, 15) is 9.90 Å². The number of rotatable bonds is 10. The summed E-state index contributed by atoms with van der Waals surface area (Å²) in [4.78, 5) is 14.4. The molecular weight excluding hydrogens is 276 g/mol. The molecule has 0 spiro atoms. The monoisotopic (exact) mass is 304 g/mol. The van der Waals surface area contributed by atoms with Crippen LogP contribution in [0.25, 0.3) is 0 Å². The SMILES string of the molecule is NCCCCCCC(=O)N(Cc1cccc(O)c1)CC1CC1. The van der Waals surface area contributed by atoms with Gasteiger partial charge in [-0.15, -0.1) is 0 Å². The first-order valence-electron chi connectivity index (χ1n) is 8.45. The van der Waals surface area contributed by atoms with Crippen LogP contribution in [0.15, 0.2) is 24.3 Å². The Balaban J connectivity index is 1.83. The van der Waals surface area contributed by atoms with Gasteiger partial charge in [0.15, 0.2) is 0 Å². The molecule has 1 aliphatic carbocycles. The number of phenolic OH excluding ortho intramolecular Hbond substituents is 1. The third-order valence-electron chi connectivity index (χ3n) is 4.16. The number of carbonyl (C=O) groups is 1. The normalized spacial score (nSPS) is 14.0. The summed E-state index contributed by atoms with van der Waals surface area (Å²) in [7, 11) is 0. The third kappa shape index (κ3) is 6.06. The molecule has 0 unspecified atom stereocenters. The number of phenols is 1. The Morgan fingerprint density at radius 1 is 1.23 bits per heavy atom. The Labute approximate surface area is 133 Å². The van der Waals surface area contributed by atoms with Crippen LogP contribution >= 0.6 is 0 Å². The van der Waals surface area contributed by atoms with Crippen molar-refractivity contribution in [3.05, 3.63) is 29.8 Å². The van der Waals surface area contributed by atoms with Crippen LogP contribution < -0.4 is 5.73 Å². The fraction of sp³-hybridized carbons (Fsp3) is 0.611. The van der Waals surface area contributed by atoms with E-state index < -0.39 is 0 Å². The van der Waals surface area contributed by atoms with Gasteiger partial charge in [-0.3, -0.25) is 4.79 Å². The average molecular weight is 304 g/mol. The molecule has 0 atom stereocenters. The Bertz CT molecular complexity index is 472. The summed E-state index contributed by atoms with van der Waals surface area (Å²) in [6.45, 7) is 2.20. The second-order valence-electron chi connectivity index (χ2n) is 6.34. The van der Waals surface area contributed by atoms with E-state index >= 15 is 0 Å². The maximum absolute atomic E-state index is 12.5. The zero-order valence-electron chi connectivity index (χ0n) is 13.3. The van der Waals surface area contributed by atoms with Gasteiger partial charge in [0.1, 0.15) is 5.75 Å². The molecule has 0 saturated heterocycles. The highest BCUT2D eigenvalue weighted by Crippen LogP contribution is 2.30. The summed E-state index contributed by atoms with van der Waals surface area (Å²) in [5.74, 6) is 1.18. The van der Waals surface area contributed by atoms with Crippen molar-refractivity contribution in [2.45, 2.75) is 51.5 Å². The molecule has 1 aliphatic rings. The third-order valence-corrected chi connectivity index (χ3v) is 4.16. The van der Waals surface area contributed by atoms with Gasteiger partial charge >= 0.3 is 0 Å². The lowest BCUT2D eigenvalue weighted by molar-refractivity contribution is -0.132. The lowest BCUT2D eigenvalue weighted by Gasteiger charge is -2.23. The molecule has 0 bridgehead atoms. The zero-order valence-corrected chi connectivity index (χ0v) is 13.3. The number of aromatic hydroxyl groups is 1. The summed E-state index contributed by atoms with van der Waals surface area (Å²) in [5.41, 5.74) is 6.48. The van der Waals surface area contributed by atoms with E-state index in [4.69, 9.17) is 5.73 Å². The molecule has 0 radical (unpaired) electrons. The fourth-order valence-corrected chi connectivity index (χ4v) is 2.67. The molecule has 0 aliphatic heterocycles. The molecule has 0 heterocycles. The van der Waals surface area contributed by atoms with Gasteiger partial charge < -0.3 is 15.7 Å². The van der Waals surface area contributed by atoms with Crippen LogP contribution in [0.3, 0.4) is 0 Å². The van der Waals surface area contributed by atoms with Crippen LogP contribution in [0.1, 0.15) is 50.5 Å². The number of unbranched alkanes of at least 4 members (excludes halogenated alkanes) is 3. The molecule has 1 aromatic rings. The largest absolute Gasteiger partial charge is 0.508 e. The second kappa shape index (κ2) is 8.79. The van der Waals surface area contributed by atoms with E-state index in [1.54, 1.807) is 12.1 Å². The van der Waals surface area contributed by atoms with E-state index in [2.05, 4.69) is 0 Å². The quantitative estimate of drug-likeness (QED) is 0.653. The van der Waals surface area contributed by atoms with Gasteiger partial charge in [0.2, 0.25) is 5.91 Å². The lowest BCUT2D eigenvalue weighted by Crippen LogP contribution is -2.32. The van der Waals surface area contributed by atoms with Gasteiger partial charge in [0, 0.05) is 19.5 Å². The molecule has 3 N–H and O–H groups in total. The Morgan fingerprint density at radius 2 is 2.00 bits per heavy atom. The van der Waals surface area contributed by atoms with Gasteiger partial charge in [0.25, 0.3) is 0 Å². The topological polar surface area (TPSA) is 66.6 Å². The summed E-state index contributed by atoms with van der Waals surface area (Å²) < 4.78 is 0. The highest BCUT2D eigenvalue weighted by molar-refractivity contribution is 5.76. The van der Waals surface area contributed by atoms with Gasteiger partial charge in [-0.1, -0.05) is 25.0 Å². The molecular formula is C18H28N2O2. The molecule has 22 heavy (non-hydrogen) atoms. The van der Waals surface area contributed by atoms with Crippen molar-refractivity contribution in [3.8, 4) is 5.75 Å². The Morgan fingerprint density at radius 3 is 2.68 bits per heavy atom. The predicted molar refractivity (Wildman–Crippen MR) is 88.4 cm³/mol. The van der Waals surface area contributed by atoms with Crippen LogP contribution in [-0.2, 0) is 11.3 Å². The van der Waals surface area contributed by atoms with Gasteiger partial charge in [0.05, 0.1) is 0 Å². The number of amides is 1. The molecule has 2 rings (SSSR count). The number of carbonyl (C=O) groups excluding carboxylic acids is 1. The average Bonchev–Trinajstić information content (AvgIpc) is 3.30. The van der Waals surface area contributed by atoms with Crippen molar-refractivity contribution in [2.24, 2.45) is 11.7 Å². The molecule has 1 amide bonds. The Hall–Kier alpha value is -1.55. The zero-order chi connectivity index (χ0) is 15.8. The summed E-state index contributed by atoms with van der Waals surface area (Å²) in [6, 6.07) is 7.20. The van der Waals surface area contributed by atoms with Crippen LogP contribution in [0.4, 0.5) is 0 Å². The number of benzene rings is 1. The number of hydrogen-bond acceptors (Lipinski definition) is 3. The second-order valence-corrected chi connectivity index (χ2v) is 6.34. The molecule has 1 fully saturated rings. The minimum Gasteiger partial charge on any atom is -0.508 e. The van der Waals surface area contributed by atoms with Crippen molar-refractivity contribution in [1.29, 1.82) is 0 Å². The summed E-state index contributed by atoms with van der Waals surface area (Å²) in [5, 5.41) is 9.57. The van der Waals surface area contributed by atoms with E-state index in [0.717, 1.165) is 44.3 Å². The summed E-state index contributed by atoms with van der Waals surface area (Å²) >= 11 is 0. The minimum atomic E-state index is 0.239. The van der Waals surface area contributed by atoms with Crippen LogP contribution in [0.5, 0.6) is 5.75 Å². The minimum absolute atomic E-state index is 0.239. The first-order valence-corrected chi connectivity index (χ1v) is 8.45. The number of nitrogens with two attached hydrogens (primary N) is 1. The standard InChI is InChI=1S/C18H28N2O2/c19-11-4-2-1-3-8-18(22)20(13-15-9-10-15)14-16-6-5-7-17(21)12-16/h5-7,12,15,21H,1-4,8-11,13-14,19H2. The van der Waals surface area contributed by atoms with Crippen molar-refractivity contribution >= 4 is 5.91 Å². The molecule has 1 aromatic carbocycles. The van der Waals surface area contributed by atoms with Crippen molar-refractivity contribution in [2.75, 3.05) is 13.1 Å². The summed E-state index contributed by atoms with van der Waals surface area (Å²) in [6.07, 6.45) is 7.27. The first-order chi connectivity index (χ1) is 10.7. The number of hydrogen-bond donors (Lipinski definition) is 2. The maximum Gasteiger partial charge on any atom is 0.222 e. The van der Waals surface area contributed by atoms with Crippen molar-refractivity contribution < 1.29 is 9.90 Å². The Kier molecular flexibility index (Phi) is 6.72. The van der Waals surface area contributed by atoms with Crippen LogP contribution in [0.2, 0.25) is 0 Å². The van der Waals surface area contributed by atoms with E-state index in [1.165, 1.54) is 12.8 Å². The highest BCUT2D eigenvalue weighted by atomic mass is 16.3. The number of nitrogens with zero attached hydrogens (tertiary/aromatic N) is 1. The molecule has 4 heteroatoms. The smallest absolute Gasteiger partial charge is 0.222 e. The molecule has 122 valence electrons. The van der Waals surface area contributed by atoms with E-state index in [-0.39, 0.29) is 11.7 Å². The lowest BCUT2D eigenvalue weighted by atomic mass is 10.1. The predicted octanol–water partition coefficient (Wildman–Crippen LogP) is 3.04. The maximum atomic E-state index is 12.5. The van der Waals surface area contributed by atoms with E-state index in [1.807, 2.05) is 17.0 Å². The van der Waals surface area contributed by atoms with Gasteiger partial charge in [-0.2, -0.15) is 0 Å². The van der Waals surface area contributed by atoms with Crippen LogP contribution in [0, 0.1) is 5.92 Å². The van der Waals surface area contributed by atoms with E-state index in [0.29, 0.717) is 18.9 Å². The molecule has 0 aromatic heterocycles. The van der Waals surface area contributed by atoms with Gasteiger partial charge in [-0.05, 0) is 55.8 Å². The molecule has 4 nitrogen and oxygen atoms in total. The first kappa shape index (κ1) is 16.8. The highest BCUT2D eigenvalue weighted by Gasteiger charge is 2.26. The fourth-order valence-electron chi connectivity index (χ4n) is 2.67.